The Morgan fingerprint density at radius 3 is 2.23 bits per heavy atom. The average molecular weight is 724 g/mol. The van der Waals surface area contributed by atoms with Crippen LogP contribution < -0.4 is 10.6 Å². The van der Waals surface area contributed by atoms with Crippen molar-refractivity contribution >= 4 is 45.6 Å². The number of aryl methyl sites for hydroxylation is 1. The maximum atomic E-state index is 14.1. The minimum atomic E-state index is -0.775. The molecule has 0 aliphatic carbocycles. The van der Waals surface area contributed by atoms with E-state index in [4.69, 9.17) is 5.11 Å². The van der Waals surface area contributed by atoms with Gasteiger partial charge < -0.3 is 30.4 Å². The monoisotopic (exact) mass is 722 g/mol. The lowest BCUT2D eigenvalue weighted by atomic mass is 9.78. The number of anilines is 1. The highest BCUT2D eigenvalue weighted by molar-refractivity contribution is 9.10. The fourth-order valence-corrected chi connectivity index (χ4v) is 8.24. The molecular formula is C36H47BrN6O5. The number of nitrogens with one attached hydrogen (secondary N) is 2. The minimum absolute atomic E-state index is 0.0382. The average Bonchev–Trinajstić information content (AvgIpc) is 3.09. The van der Waals surface area contributed by atoms with Crippen molar-refractivity contribution in [3.8, 4) is 0 Å². The Labute approximate surface area is 291 Å². The van der Waals surface area contributed by atoms with Crippen LogP contribution in [-0.4, -0.2) is 107 Å². The Hall–Kier alpha value is -3.64. The molecule has 0 spiro atoms. The van der Waals surface area contributed by atoms with Gasteiger partial charge in [-0.1, -0.05) is 46.3 Å². The molecule has 4 aliphatic heterocycles. The third-order valence-electron chi connectivity index (χ3n) is 10.8. The lowest BCUT2D eigenvalue weighted by Crippen LogP contribution is -2.57. The van der Waals surface area contributed by atoms with Crippen LogP contribution in [0.5, 0.6) is 0 Å². The first-order valence-electron chi connectivity index (χ1n) is 17.3. The molecule has 0 bridgehead atoms. The number of aliphatic carboxylic acids is 1. The van der Waals surface area contributed by atoms with Gasteiger partial charge in [-0.25, -0.2) is 9.59 Å². The predicted molar refractivity (Wildman–Crippen MR) is 187 cm³/mol. The number of rotatable bonds is 8. The van der Waals surface area contributed by atoms with E-state index >= 15 is 0 Å². The van der Waals surface area contributed by atoms with Crippen molar-refractivity contribution in [2.45, 2.75) is 70.5 Å². The molecule has 3 N–H and O–H groups in total. The van der Waals surface area contributed by atoms with Gasteiger partial charge in [-0.05, 0) is 99.2 Å². The van der Waals surface area contributed by atoms with Crippen LogP contribution in [0.3, 0.4) is 0 Å². The Morgan fingerprint density at radius 1 is 0.917 bits per heavy atom. The standard InChI is InChI=1S/C36H47BrN6O5/c1-24-20-25(6-7-30(24)37)21-32(34(46)41-16-10-27(11-17-41)26-8-14-40(15-9-26)23-33(44)45)39-35(47)42-18-12-29(13-19-42)43-22-28-4-2-3-5-31(28)38-36(43)48/h2-7,20,26-27,29,32H,8-19,21-23H2,1H3,(H,38,48)(H,39,47)(H,44,45). The first kappa shape index (κ1) is 34.2. The number of hydrogen-bond donors (Lipinski definition) is 3. The number of likely N-dealkylation sites (tertiary alicyclic amines) is 3. The summed E-state index contributed by atoms with van der Waals surface area (Å²) in [6.45, 7) is 6.66. The van der Waals surface area contributed by atoms with Gasteiger partial charge in [-0.2, -0.15) is 0 Å². The third kappa shape index (κ3) is 8.14. The van der Waals surface area contributed by atoms with Crippen molar-refractivity contribution in [1.29, 1.82) is 0 Å². The summed E-state index contributed by atoms with van der Waals surface area (Å²) in [5.41, 5.74) is 4.01. The highest BCUT2D eigenvalue weighted by Gasteiger charge is 2.36. The molecule has 5 amide bonds. The fourth-order valence-electron chi connectivity index (χ4n) is 7.99. The van der Waals surface area contributed by atoms with Gasteiger partial charge in [0.1, 0.15) is 6.04 Å². The second-order valence-corrected chi connectivity index (χ2v) is 14.7. The number of carboxylic acid groups (broad SMARTS) is 1. The van der Waals surface area contributed by atoms with Gasteiger partial charge in [-0.3, -0.25) is 14.5 Å². The van der Waals surface area contributed by atoms with E-state index < -0.39 is 12.0 Å². The maximum Gasteiger partial charge on any atom is 0.322 e. The second-order valence-electron chi connectivity index (χ2n) is 13.9. The Kier molecular flexibility index (Phi) is 10.9. The Balaban J connectivity index is 1.05. The number of amides is 5. The largest absolute Gasteiger partial charge is 0.480 e. The Bertz CT molecular complexity index is 1500. The summed E-state index contributed by atoms with van der Waals surface area (Å²) in [6, 6.07) is 12.9. The number of nitrogens with zero attached hydrogens (tertiary/aromatic N) is 4. The number of benzene rings is 2. The molecule has 12 heteroatoms. The molecule has 48 heavy (non-hydrogen) atoms. The number of hydrogen-bond acceptors (Lipinski definition) is 5. The van der Waals surface area contributed by atoms with Crippen LogP contribution in [-0.2, 0) is 22.6 Å². The molecule has 6 rings (SSSR count). The molecule has 1 atom stereocenters. The number of para-hydroxylation sites is 1. The topological polar surface area (TPSA) is 126 Å². The van der Waals surface area contributed by atoms with Crippen molar-refractivity contribution in [3.05, 3.63) is 63.6 Å². The molecule has 0 saturated carbocycles. The molecule has 3 saturated heterocycles. The highest BCUT2D eigenvalue weighted by atomic mass is 79.9. The normalized spacial score (nSPS) is 20.6. The maximum absolute atomic E-state index is 14.1. The number of carbonyl (C=O) groups is 4. The first-order valence-corrected chi connectivity index (χ1v) is 18.1. The van der Waals surface area contributed by atoms with Gasteiger partial charge in [0.25, 0.3) is 0 Å². The van der Waals surface area contributed by atoms with E-state index in [-0.39, 0.29) is 30.6 Å². The summed E-state index contributed by atoms with van der Waals surface area (Å²) in [7, 11) is 0. The summed E-state index contributed by atoms with van der Waals surface area (Å²) in [5.74, 6) is 0.266. The summed E-state index contributed by atoms with van der Waals surface area (Å²) in [6.07, 6.45) is 5.61. The van der Waals surface area contributed by atoms with Crippen molar-refractivity contribution in [1.82, 2.24) is 24.9 Å². The van der Waals surface area contributed by atoms with Crippen LogP contribution >= 0.6 is 15.9 Å². The van der Waals surface area contributed by atoms with Crippen LogP contribution in [0.25, 0.3) is 0 Å². The van der Waals surface area contributed by atoms with Crippen molar-refractivity contribution in [2.75, 3.05) is 51.1 Å². The van der Waals surface area contributed by atoms with Gasteiger partial charge in [-0.15, -0.1) is 0 Å². The van der Waals surface area contributed by atoms with Crippen molar-refractivity contribution in [2.24, 2.45) is 11.8 Å². The molecule has 258 valence electrons. The minimum Gasteiger partial charge on any atom is -0.480 e. The van der Waals surface area contributed by atoms with Crippen molar-refractivity contribution in [3.63, 3.8) is 0 Å². The van der Waals surface area contributed by atoms with Crippen LogP contribution in [0, 0.1) is 18.8 Å². The molecule has 1 unspecified atom stereocenters. The van der Waals surface area contributed by atoms with Crippen LogP contribution in [0.4, 0.5) is 15.3 Å². The zero-order valence-corrected chi connectivity index (χ0v) is 29.3. The zero-order chi connectivity index (χ0) is 33.8. The molecule has 3 fully saturated rings. The van der Waals surface area contributed by atoms with Crippen molar-refractivity contribution < 1.29 is 24.3 Å². The highest BCUT2D eigenvalue weighted by Crippen LogP contribution is 2.33. The van der Waals surface area contributed by atoms with Crippen LogP contribution in [0.2, 0.25) is 0 Å². The fraction of sp³-hybridized carbons (Fsp3) is 0.556. The summed E-state index contributed by atoms with van der Waals surface area (Å²) < 4.78 is 1.00. The lowest BCUT2D eigenvalue weighted by Gasteiger charge is -2.41. The number of carboxylic acids is 1. The van der Waals surface area contributed by atoms with Gasteiger partial charge in [0.2, 0.25) is 5.91 Å². The van der Waals surface area contributed by atoms with Gasteiger partial charge in [0.05, 0.1) is 6.54 Å². The van der Waals surface area contributed by atoms with Gasteiger partial charge in [0, 0.05) is 55.3 Å². The lowest BCUT2D eigenvalue weighted by molar-refractivity contribution is -0.138. The molecule has 0 radical (unpaired) electrons. The predicted octanol–water partition coefficient (Wildman–Crippen LogP) is 4.93. The zero-order valence-electron chi connectivity index (χ0n) is 27.7. The number of carbonyl (C=O) groups excluding carboxylic acids is 3. The molecular weight excluding hydrogens is 676 g/mol. The smallest absolute Gasteiger partial charge is 0.322 e. The van der Waals surface area contributed by atoms with E-state index in [1.807, 2.05) is 58.0 Å². The van der Waals surface area contributed by atoms with E-state index in [9.17, 15) is 19.2 Å². The van der Waals surface area contributed by atoms with Gasteiger partial charge >= 0.3 is 18.0 Å². The third-order valence-corrected chi connectivity index (χ3v) is 11.7. The van der Waals surface area contributed by atoms with E-state index in [2.05, 4.69) is 32.6 Å². The molecule has 4 aliphatic rings. The number of fused-ring (bicyclic) bond motifs is 1. The van der Waals surface area contributed by atoms with E-state index in [1.54, 1.807) is 4.90 Å². The second kappa shape index (κ2) is 15.3. The number of urea groups is 2. The Morgan fingerprint density at radius 2 is 1.56 bits per heavy atom. The SMILES string of the molecule is Cc1cc(CC(NC(=O)N2CCC(N3Cc4ccccc4NC3=O)CC2)C(=O)N2CCC(C3CCN(CC(=O)O)CC3)CC2)ccc1Br. The van der Waals surface area contributed by atoms with E-state index in [0.717, 1.165) is 65.6 Å². The summed E-state index contributed by atoms with van der Waals surface area (Å²) >= 11 is 3.57. The molecule has 11 nitrogen and oxygen atoms in total. The van der Waals surface area contributed by atoms with Gasteiger partial charge in [0.15, 0.2) is 0 Å². The number of halogens is 1. The van der Waals surface area contributed by atoms with Crippen LogP contribution in [0.1, 0.15) is 55.2 Å². The van der Waals surface area contributed by atoms with E-state index in [1.165, 1.54) is 0 Å². The van der Waals surface area contributed by atoms with Crippen LogP contribution in [0.15, 0.2) is 46.9 Å². The molecule has 2 aromatic rings. The quantitative estimate of drug-likeness (QED) is 0.355. The van der Waals surface area contributed by atoms with E-state index in [0.29, 0.717) is 63.8 Å². The summed E-state index contributed by atoms with van der Waals surface area (Å²) in [4.78, 5) is 59.3. The molecule has 2 aromatic carbocycles. The molecule has 0 aromatic heterocycles. The first-order chi connectivity index (χ1) is 23.1. The summed E-state index contributed by atoms with van der Waals surface area (Å²) in [5, 5.41) is 15.2. The number of piperidine rings is 3. The molecule has 4 heterocycles.